The van der Waals surface area contributed by atoms with E-state index in [0.717, 1.165) is 6.07 Å². The average Bonchev–Trinajstić information content (AvgIpc) is 2.27. The highest BCUT2D eigenvalue weighted by molar-refractivity contribution is 7.89. The second kappa shape index (κ2) is 5.95. The molecule has 0 fully saturated rings. The molecule has 0 aliphatic heterocycles. The second-order valence-corrected chi connectivity index (χ2v) is 5.95. The van der Waals surface area contributed by atoms with Crippen LogP contribution in [0.4, 0.5) is 11.4 Å². The highest BCUT2D eigenvalue weighted by atomic mass is 32.2. The Morgan fingerprint density at radius 3 is 2.58 bits per heavy atom. The summed E-state index contributed by atoms with van der Waals surface area (Å²) >= 11 is 0. The summed E-state index contributed by atoms with van der Waals surface area (Å²) in [7, 11) is -0.150. The topological polar surface area (TPSA) is 119 Å². The highest BCUT2D eigenvalue weighted by Crippen LogP contribution is 2.24. The standard InChI is InChI=1S/C10H16N4O4S/c1-13(2)6-5-12-19(17,18)8-3-4-9(11)10(7-8)14(15)16/h3-4,7,12H,5-6,11H2,1-2H3. The first-order chi connectivity index (χ1) is 8.74. The fraction of sp³-hybridized carbons (Fsp3) is 0.400. The molecule has 0 amide bonds. The van der Waals surface area contributed by atoms with Gasteiger partial charge in [-0.05, 0) is 26.2 Å². The summed E-state index contributed by atoms with van der Waals surface area (Å²) in [5.41, 5.74) is 4.92. The van der Waals surface area contributed by atoms with Gasteiger partial charge in [-0.3, -0.25) is 10.1 Å². The summed E-state index contributed by atoms with van der Waals surface area (Å²) < 4.78 is 26.2. The van der Waals surface area contributed by atoms with Crippen LogP contribution in [0.2, 0.25) is 0 Å². The van der Waals surface area contributed by atoms with Gasteiger partial charge in [0.2, 0.25) is 10.0 Å². The lowest BCUT2D eigenvalue weighted by Gasteiger charge is -2.11. The summed E-state index contributed by atoms with van der Waals surface area (Å²) in [6, 6.07) is 3.40. The first-order valence-electron chi connectivity index (χ1n) is 5.42. The van der Waals surface area contributed by atoms with Gasteiger partial charge in [-0.25, -0.2) is 13.1 Å². The van der Waals surface area contributed by atoms with Crippen molar-refractivity contribution < 1.29 is 13.3 Å². The Morgan fingerprint density at radius 2 is 2.05 bits per heavy atom. The molecule has 1 rings (SSSR count). The Morgan fingerprint density at radius 1 is 1.42 bits per heavy atom. The molecule has 106 valence electrons. The third kappa shape index (κ3) is 4.16. The van der Waals surface area contributed by atoms with Gasteiger partial charge in [0.1, 0.15) is 5.69 Å². The molecule has 1 aromatic carbocycles. The van der Waals surface area contributed by atoms with E-state index in [1.165, 1.54) is 12.1 Å². The minimum Gasteiger partial charge on any atom is -0.393 e. The fourth-order valence-corrected chi connectivity index (χ4v) is 2.38. The second-order valence-electron chi connectivity index (χ2n) is 4.18. The van der Waals surface area contributed by atoms with Crippen LogP contribution in [0.1, 0.15) is 0 Å². The molecule has 0 heterocycles. The normalized spacial score (nSPS) is 11.7. The third-order valence-electron chi connectivity index (χ3n) is 2.36. The maximum Gasteiger partial charge on any atom is 0.293 e. The zero-order valence-corrected chi connectivity index (χ0v) is 11.5. The molecule has 0 aliphatic rings. The number of nitro groups is 1. The van der Waals surface area contributed by atoms with E-state index in [9.17, 15) is 18.5 Å². The Hall–Kier alpha value is -1.71. The van der Waals surface area contributed by atoms with Gasteiger partial charge in [-0.1, -0.05) is 0 Å². The van der Waals surface area contributed by atoms with Crippen LogP contribution in [0.3, 0.4) is 0 Å². The molecule has 3 N–H and O–H groups in total. The number of rotatable bonds is 6. The zero-order chi connectivity index (χ0) is 14.6. The summed E-state index contributed by atoms with van der Waals surface area (Å²) in [5.74, 6) is 0. The molecule has 0 saturated carbocycles. The molecular weight excluding hydrogens is 272 g/mol. The summed E-state index contributed by atoms with van der Waals surface area (Å²) in [5, 5.41) is 10.7. The van der Waals surface area contributed by atoms with Gasteiger partial charge < -0.3 is 10.6 Å². The minimum absolute atomic E-state index is 0.0720. The van der Waals surface area contributed by atoms with E-state index >= 15 is 0 Å². The van der Waals surface area contributed by atoms with Gasteiger partial charge in [0.05, 0.1) is 9.82 Å². The van der Waals surface area contributed by atoms with Crippen molar-refractivity contribution in [2.45, 2.75) is 4.90 Å². The van der Waals surface area contributed by atoms with Crippen molar-refractivity contribution in [1.82, 2.24) is 9.62 Å². The number of benzene rings is 1. The monoisotopic (exact) mass is 288 g/mol. The predicted octanol–water partition coefficient (Wildman–Crippen LogP) is 0.0169. The van der Waals surface area contributed by atoms with Crippen molar-refractivity contribution in [3.63, 3.8) is 0 Å². The summed E-state index contributed by atoms with van der Waals surface area (Å²) in [6.45, 7) is 0.740. The largest absolute Gasteiger partial charge is 0.393 e. The first-order valence-corrected chi connectivity index (χ1v) is 6.90. The maximum absolute atomic E-state index is 11.9. The van der Waals surface area contributed by atoms with E-state index in [-0.39, 0.29) is 17.1 Å². The van der Waals surface area contributed by atoms with Crippen molar-refractivity contribution in [3.05, 3.63) is 28.3 Å². The van der Waals surface area contributed by atoms with Gasteiger partial charge >= 0.3 is 0 Å². The molecule has 0 saturated heterocycles. The van der Waals surface area contributed by atoms with Gasteiger partial charge in [0, 0.05) is 19.2 Å². The lowest BCUT2D eigenvalue weighted by molar-refractivity contribution is -0.384. The third-order valence-corrected chi connectivity index (χ3v) is 3.82. The first kappa shape index (κ1) is 15.3. The van der Waals surface area contributed by atoms with Crippen molar-refractivity contribution in [2.24, 2.45) is 0 Å². The number of hydrogen-bond donors (Lipinski definition) is 2. The molecular formula is C10H16N4O4S. The number of nitrogens with zero attached hydrogens (tertiary/aromatic N) is 2. The molecule has 19 heavy (non-hydrogen) atoms. The van der Waals surface area contributed by atoms with Crippen molar-refractivity contribution >= 4 is 21.4 Å². The number of nitrogen functional groups attached to an aromatic ring is 1. The van der Waals surface area contributed by atoms with Crippen LogP contribution in [-0.2, 0) is 10.0 Å². The van der Waals surface area contributed by atoms with Crippen LogP contribution in [0, 0.1) is 10.1 Å². The lowest BCUT2D eigenvalue weighted by Crippen LogP contribution is -2.31. The van der Waals surface area contributed by atoms with E-state index in [1.54, 1.807) is 0 Å². The van der Waals surface area contributed by atoms with E-state index in [4.69, 9.17) is 5.73 Å². The molecule has 8 nitrogen and oxygen atoms in total. The van der Waals surface area contributed by atoms with E-state index in [0.29, 0.717) is 6.54 Å². The molecule has 0 bridgehead atoms. The Kier molecular flexibility index (Phi) is 4.81. The number of sulfonamides is 1. The smallest absolute Gasteiger partial charge is 0.293 e. The number of nitrogens with two attached hydrogens (primary N) is 1. The molecule has 0 radical (unpaired) electrons. The van der Waals surface area contributed by atoms with Crippen molar-refractivity contribution in [2.75, 3.05) is 32.9 Å². The summed E-state index contributed by atoms with van der Waals surface area (Å²) in [4.78, 5) is 11.6. The number of nitrogens with one attached hydrogen (secondary N) is 1. The molecule has 0 aromatic heterocycles. The van der Waals surface area contributed by atoms with Crippen LogP contribution >= 0.6 is 0 Å². The van der Waals surface area contributed by atoms with Crippen LogP contribution in [0.15, 0.2) is 23.1 Å². The number of likely N-dealkylation sites (N-methyl/N-ethyl adjacent to an activating group) is 1. The van der Waals surface area contributed by atoms with Crippen LogP contribution in [-0.4, -0.2) is 45.4 Å². The van der Waals surface area contributed by atoms with Gasteiger partial charge in [0.15, 0.2) is 0 Å². The average molecular weight is 288 g/mol. The van der Waals surface area contributed by atoms with Crippen LogP contribution in [0.5, 0.6) is 0 Å². The molecule has 9 heteroatoms. The Balaban J connectivity index is 2.96. The van der Waals surface area contributed by atoms with Crippen molar-refractivity contribution in [3.8, 4) is 0 Å². The van der Waals surface area contributed by atoms with Gasteiger partial charge in [-0.2, -0.15) is 0 Å². The number of nitro benzene ring substituents is 1. The number of hydrogen-bond acceptors (Lipinski definition) is 6. The predicted molar refractivity (Wildman–Crippen MR) is 71.3 cm³/mol. The maximum atomic E-state index is 11.9. The molecule has 1 aromatic rings. The zero-order valence-electron chi connectivity index (χ0n) is 10.7. The highest BCUT2D eigenvalue weighted by Gasteiger charge is 2.19. The molecule has 0 unspecified atom stereocenters. The SMILES string of the molecule is CN(C)CCNS(=O)(=O)c1ccc(N)c([N+](=O)[O-])c1. The molecule has 0 spiro atoms. The summed E-state index contributed by atoms with van der Waals surface area (Å²) in [6.07, 6.45) is 0. The van der Waals surface area contributed by atoms with E-state index in [2.05, 4.69) is 4.72 Å². The van der Waals surface area contributed by atoms with Crippen molar-refractivity contribution in [1.29, 1.82) is 0 Å². The van der Waals surface area contributed by atoms with Crippen LogP contribution in [0.25, 0.3) is 0 Å². The van der Waals surface area contributed by atoms with E-state index < -0.39 is 20.6 Å². The Labute approximate surface area is 111 Å². The number of anilines is 1. The van der Waals surface area contributed by atoms with Gasteiger partial charge in [-0.15, -0.1) is 0 Å². The minimum atomic E-state index is -3.77. The lowest BCUT2D eigenvalue weighted by atomic mass is 10.3. The fourth-order valence-electron chi connectivity index (χ4n) is 1.34. The van der Waals surface area contributed by atoms with Gasteiger partial charge in [0.25, 0.3) is 5.69 Å². The molecule has 0 atom stereocenters. The van der Waals surface area contributed by atoms with E-state index in [1.807, 2.05) is 19.0 Å². The molecule has 0 aliphatic carbocycles. The van der Waals surface area contributed by atoms with Crippen LogP contribution < -0.4 is 10.5 Å². The Bertz CT molecular complexity index is 571. The quantitative estimate of drug-likeness (QED) is 0.432.